The minimum absolute atomic E-state index is 0. The van der Waals surface area contributed by atoms with Crippen LogP contribution in [0.3, 0.4) is 0 Å². The monoisotopic (exact) mass is 224 g/mol. The molecular weight excluding hydrogens is 209 g/mol. The average molecular weight is 224 g/mol. The number of hydrogen-bond acceptors (Lipinski definition) is 3. The summed E-state index contributed by atoms with van der Waals surface area (Å²) in [6, 6.07) is 0. The van der Waals surface area contributed by atoms with Crippen molar-refractivity contribution in [3.05, 3.63) is 6.92 Å². The second kappa shape index (κ2) is 22.8. The van der Waals surface area contributed by atoms with Crippen molar-refractivity contribution in [2.45, 2.75) is 14.4 Å². The molecule has 0 aliphatic heterocycles. The smallest absolute Gasteiger partial charge is 0.438 e. The molecule has 0 unspecified atom stereocenters. The second-order valence-corrected chi connectivity index (χ2v) is 0.658. The van der Waals surface area contributed by atoms with Crippen molar-refractivity contribution in [2.24, 2.45) is 0 Å². The van der Waals surface area contributed by atoms with E-state index in [1.54, 1.807) is 6.92 Å². The van der Waals surface area contributed by atoms with Gasteiger partial charge in [-0.3, -0.25) is 0 Å². The van der Waals surface area contributed by atoms with Crippen LogP contribution in [0.4, 0.5) is 4.79 Å². The Hall–Kier alpha value is 0.374. The standard InChI is InChI=1S/C3H6O3.C2H5.CH4.Y/c1-5-3(4)6-2;1-2;;/h1-2H3;1H2,2H3;1H4;/q;-1;;. The van der Waals surface area contributed by atoms with E-state index in [2.05, 4.69) is 16.4 Å². The van der Waals surface area contributed by atoms with Crippen LogP contribution < -0.4 is 0 Å². The number of hydrogen-bond donors (Lipinski definition) is 0. The third-order valence-electron chi connectivity index (χ3n) is 0.333. The Morgan fingerprint density at radius 1 is 1.20 bits per heavy atom. The zero-order valence-electron chi connectivity index (χ0n) is 6.01. The fourth-order valence-corrected chi connectivity index (χ4v) is 0.0833. The molecule has 0 saturated carbocycles. The molecule has 0 bridgehead atoms. The molecule has 10 heavy (non-hydrogen) atoms. The fraction of sp³-hybridized carbons (Fsp3) is 0.667. The van der Waals surface area contributed by atoms with Crippen molar-refractivity contribution >= 4 is 6.16 Å². The Labute approximate surface area is 88.3 Å². The molecule has 0 atom stereocenters. The summed E-state index contributed by atoms with van der Waals surface area (Å²) in [5.41, 5.74) is 0. The van der Waals surface area contributed by atoms with E-state index in [0.717, 1.165) is 0 Å². The molecular formula is C6H15O3Y-. The minimum Gasteiger partial charge on any atom is -0.438 e. The quantitative estimate of drug-likeness (QED) is 0.465. The topological polar surface area (TPSA) is 35.5 Å². The molecule has 0 aromatic heterocycles. The zero-order valence-corrected chi connectivity index (χ0v) is 8.85. The number of carbonyl (C=O) groups excluding carboxylic acids is 1. The van der Waals surface area contributed by atoms with Gasteiger partial charge in [0, 0.05) is 32.7 Å². The van der Waals surface area contributed by atoms with Crippen LogP contribution in [0.2, 0.25) is 0 Å². The summed E-state index contributed by atoms with van der Waals surface area (Å²) in [5, 5.41) is 0. The number of rotatable bonds is 0. The van der Waals surface area contributed by atoms with Gasteiger partial charge in [-0.05, 0) is 0 Å². The van der Waals surface area contributed by atoms with Gasteiger partial charge in [-0.15, -0.1) is 0 Å². The molecule has 0 aromatic carbocycles. The van der Waals surface area contributed by atoms with Crippen LogP contribution in [-0.2, 0) is 42.2 Å². The molecule has 0 aliphatic rings. The average Bonchev–Trinajstić information content (AvgIpc) is 1.91. The summed E-state index contributed by atoms with van der Waals surface area (Å²) in [7, 11) is 2.51. The van der Waals surface area contributed by atoms with Crippen molar-refractivity contribution in [2.75, 3.05) is 14.2 Å². The summed E-state index contributed by atoms with van der Waals surface area (Å²) in [6.45, 7) is 5.00. The molecule has 0 spiro atoms. The number of ether oxygens (including phenoxy) is 2. The molecule has 0 rings (SSSR count). The predicted molar refractivity (Wildman–Crippen MR) is 37.2 cm³/mol. The van der Waals surface area contributed by atoms with E-state index in [4.69, 9.17) is 0 Å². The first-order chi connectivity index (χ1) is 3.81. The van der Waals surface area contributed by atoms with Crippen molar-refractivity contribution in [1.82, 2.24) is 0 Å². The first-order valence-corrected chi connectivity index (χ1v) is 2.14. The van der Waals surface area contributed by atoms with Crippen LogP contribution in [0.25, 0.3) is 0 Å². The Kier molecular flexibility index (Phi) is 51.1. The molecule has 4 heteroatoms. The molecule has 0 N–H and O–H groups in total. The van der Waals surface area contributed by atoms with Crippen LogP contribution in [0.1, 0.15) is 14.4 Å². The molecule has 1 radical (unpaired) electrons. The van der Waals surface area contributed by atoms with Crippen molar-refractivity contribution < 1.29 is 47.0 Å². The van der Waals surface area contributed by atoms with E-state index >= 15 is 0 Å². The predicted octanol–water partition coefficient (Wildman–Crippen LogP) is 1.87. The minimum atomic E-state index is -0.657. The Morgan fingerprint density at radius 2 is 1.40 bits per heavy atom. The second-order valence-electron chi connectivity index (χ2n) is 0.658. The summed E-state index contributed by atoms with van der Waals surface area (Å²) in [5.74, 6) is 0. The third-order valence-corrected chi connectivity index (χ3v) is 0.333. The summed E-state index contributed by atoms with van der Waals surface area (Å²) < 4.78 is 8.08. The Balaban J connectivity index is -0.0000000412. The summed E-state index contributed by atoms with van der Waals surface area (Å²) in [4.78, 5) is 9.74. The third kappa shape index (κ3) is 23.8. The van der Waals surface area contributed by atoms with Gasteiger partial charge in [0.05, 0.1) is 14.2 Å². The van der Waals surface area contributed by atoms with Gasteiger partial charge in [-0.25, -0.2) is 4.79 Å². The van der Waals surface area contributed by atoms with E-state index < -0.39 is 6.16 Å². The van der Waals surface area contributed by atoms with Gasteiger partial charge >= 0.3 is 6.16 Å². The first kappa shape index (κ1) is 22.4. The van der Waals surface area contributed by atoms with Crippen molar-refractivity contribution in [3.63, 3.8) is 0 Å². The van der Waals surface area contributed by atoms with Gasteiger partial charge in [-0.1, -0.05) is 7.43 Å². The number of methoxy groups -OCH3 is 2. The Bertz CT molecular complexity index is 51.0. The summed E-state index contributed by atoms with van der Waals surface area (Å²) >= 11 is 0. The molecule has 0 aliphatic carbocycles. The van der Waals surface area contributed by atoms with Crippen LogP contribution >= 0.6 is 0 Å². The van der Waals surface area contributed by atoms with Gasteiger partial charge < -0.3 is 16.4 Å². The fourth-order valence-electron chi connectivity index (χ4n) is 0.0833. The Morgan fingerprint density at radius 3 is 1.40 bits per heavy atom. The van der Waals surface area contributed by atoms with Gasteiger partial charge in [0.25, 0.3) is 0 Å². The van der Waals surface area contributed by atoms with E-state index in [9.17, 15) is 4.79 Å². The zero-order chi connectivity index (χ0) is 6.99. The van der Waals surface area contributed by atoms with Crippen molar-refractivity contribution in [1.29, 1.82) is 0 Å². The van der Waals surface area contributed by atoms with Crippen molar-refractivity contribution in [3.8, 4) is 0 Å². The van der Waals surface area contributed by atoms with Gasteiger partial charge in [0.1, 0.15) is 0 Å². The maximum Gasteiger partial charge on any atom is 0.507 e. The molecule has 0 fully saturated rings. The molecule has 3 nitrogen and oxygen atoms in total. The normalized spacial score (nSPS) is 4.80. The van der Waals surface area contributed by atoms with E-state index in [1.807, 2.05) is 0 Å². The van der Waals surface area contributed by atoms with Crippen LogP contribution in [-0.4, -0.2) is 20.4 Å². The van der Waals surface area contributed by atoms with E-state index in [-0.39, 0.29) is 40.1 Å². The molecule has 0 heterocycles. The largest absolute Gasteiger partial charge is 0.507 e. The van der Waals surface area contributed by atoms with E-state index in [1.165, 1.54) is 14.2 Å². The SMILES string of the molecule is C.COC(=O)OC.[CH2-]C.[Y]. The molecule has 0 aromatic rings. The maximum absolute atomic E-state index is 9.74. The van der Waals surface area contributed by atoms with E-state index in [0.29, 0.717) is 0 Å². The van der Waals surface area contributed by atoms with Gasteiger partial charge in [-0.2, -0.15) is 6.92 Å². The first-order valence-electron chi connectivity index (χ1n) is 2.14. The maximum atomic E-state index is 9.74. The van der Waals surface area contributed by atoms with Gasteiger partial charge in [0.15, 0.2) is 0 Å². The summed E-state index contributed by atoms with van der Waals surface area (Å²) in [6.07, 6.45) is -0.657. The van der Waals surface area contributed by atoms with Crippen LogP contribution in [0.5, 0.6) is 0 Å². The van der Waals surface area contributed by atoms with Gasteiger partial charge in [0.2, 0.25) is 0 Å². The van der Waals surface area contributed by atoms with Crippen LogP contribution in [0, 0.1) is 6.92 Å². The molecule has 61 valence electrons. The number of carbonyl (C=O) groups is 1. The molecule has 0 saturated heterocycles. The molecule has 0 amide bonds. The van der Waals surface area contributed by atoms with Crippen LogP contribution in [0.15, 0.2) is 0 Å².